The van der Waals surface area contributed by atoms with Crippen molar-refractivity contribution in [2.45, 2.75) is 106 Å². The molecule has 2 unspecified atom stereocenters. The fourth-order valence-corrected chi connectivity index (χ4v) is 12.7. The van der Waals surface area contributed by atoms with E-state index in [1.807, 2.05) is 38.4 Å². The number of terminal acetylenes is 2. The third-order valence-electron chi connectivity index (χ3n) is 15.0. The van der Waals surface area contributed by atoms with E-state index in [-0.39, 0.29) is 28.9 Å². The van der Waals surface area contributed by atoms with E-state index >= 15 is 0 Å². The quantitative estimate of drug-likeness (QED) is 0.0305. The number of rotatable bonds is 11. The lowest BCUT2D eigenvalue weighted by Gasteiger charge is -2.45. The molecule has 73 heavy (non-hydrogen) atoms. The van der Waals surface area contributed by atoms with Gasteiger partial charge in [-0.3, -0.25) is 15.7 Å². The van der Waals surface area contributed by atoms with E-state index < -0.39 is 0 Å². The summed E-state index contributed by atoms with van der Waals surface area (Å²) in [6, 6.07) is 27.8. The van der Waals surface area contributed by atoms with Gasteiger partial charge in [-0.25, -0.2) is 0 Å². The van der Waals surface area contributed by atoms with E-state index in [0.717, 1.165) is 72.8 Å². The summed E-state index contributed by atoms with van der Waals surface area (Å²) >= 11 is 14.1. The molecule has 1 fully saturated rings. The van der Waals surface area contributed by atoms with Crippen LogP contribution in [0.3, 0.4) is 0 Å². The zero-order valence-corrected chi connectivity index (χ0v) is 49.6. The molecule has 0 bridgehead atoms. The smallest absolute Gasteiger partial charge is 0.104 e. The number of anilines is 3. The van der Waals surface area contributed by atoms with Crippen molar-refractivity contribution in [3.63, 3.8) is 0 Å². The Balaban J connectivity index is 0.000000153. The Bertz CT molecular complexity index is 2790. The highest BCUT2D eigenvalue weighted by Crippen LogP contribution is 2.59. The van der Waals surface area contributed by atoms with Crippen LogP contribution >= 0.6 is 76.1 Å². The van der Waals surface area contributed by atoms with E-state index in [4.69, 9.17) is 18.7 Å². The van der Waals surface area contributed by atoms with E-state index in [1.165, 1.54) is 111 Å². The molecule has 8 N–H and O–H groups in total. The number of H-pyrrole nitrogens is 1. The van der Waals surface area contributed by atoms with Gasteiger partial charge in [0.15, 0.2) is 0 Å². The van der Waals surface area contributed by atoms with Crippen LogP contribution in [0.15, 0.2) is 126 Å². The number of aromatic amines is 1. The fraction of sp³-hybridized carbons (Fsp3) is 0.407. The first-order valence-electron chi connectivity index (χ1n) is 25.4. The topological polar surface area (TPSA) is 118 Å². The van der Waals surface area contributed by atoms with Gasteiger partial charge < -0.3 is 31.7 Å². The first-order valence-corrected chi connectivity index (χ1v) is 28.5. The number of benzene rings is 4. The summed E-state index contributed by atoms with van der Waals surface area (Å²) in [6.45, 7) is 4.22. The highest BCUT2D eigenvalue weighted by Gasteiger charge is 2.62. The molecule has 388 valence electrons. The van der Waals surface area contributed by atoms with Crippen LogP contribution in [0.2, 0.25) is 0 Å². The Hall–Kier alpha value is -3.86. The molecule has 0 amide bonds. The predicted molar refractivity (Wildman–Crippen MR) is 328 cm³/mol. The number of allylic oxidation sites excluding steroid dienone is 2. The van der Waals surface area contributed by atoms with Crippen molar-refractivity contribution in [3.8, 4) is 24.7 Å². The summed E-state index contributed by atoms with van der Waals surface area (Å²) in [5.74, 6) is 10.5. The van der Waals surface area contributed by atoms with Crippen LogP contribution in [0.25, 0.3) is 10.9 Å². The van der Waals surface area contributed by atoms with Crippen LogP contribution in [0.4, 0.5) is 17.1 Å². The van der Waals surface area contributed by atoms with Gasteiger partial charge in [0.2, 0.25) is 0 Å². The second kappa shape index (κ2) is 27.8. The molecule has 14 heteroatoms. The zero-order valence-electron chi connectivity index (χ0n) is 42.5. The minimum absolute atomic E-state index is 0. The normalized spacial score (nSPS) is 22.1. The Kier molecular flexibility index (Phi) is 22.2. The first kappa shape index (κ1) is 58.4. The number of hydrazine groups is 1. The van der Waals surface area contributed by atoms with Crippen molar-refractivity contribution < 1.29 is 0 Å². The van der Waals surface area contributed by atoms with Gasteiger partial charge in [0, 0.05) is 94.6 Å². The van der Waals surface area contributed by atoms with E-state index in [0.29, 0.717) is 6.04 Å². The number of nitrogens with zero attached hydrogens (tertiary/aromatic N) is 2. The standard InChI is InChI=1S/C15H17BrN2.C15H19BrN2.C15H17BrN2.C8H11N.C6H7BrN2.ClH/c1-18-9-8-14-6-2-3-7-15(14,18)17-13-5-4-11(16)10-12(13)14;1-17-9-8-15-7-3-2-4-14(15)18-13-6-5-11(16)10-12(13)15;1-3-4-5-14-12(8-9-17-2)13-10-11(16)6-7-15(13)18-14;1-2-3-5-8-6-4-7-9-8;7-5-1-3-6(9-8)4-2-5;/h2,4-6,10,17H,3,7-9H2,1H3;3,5-7,10,14,17-18H,2,4,8-9H2,1H3;1,6-7,10,17-18H,4-5,8-9H2,2H3;1H,3-7H2;1-4,9H,8H2;1H/t14-,15-;;;;;/m1...../s1. The Morgan fingerprint density at radius 3 is 2.15 bits per heavy atom. The molecule has 2 aliphatic carbocycles. The molecule has 5 aromatic rings. The number of hydrogen-bond donors (Lipinski definition) is 7. The lowest BCUT2D eigenvalue weighted by Crippen LogP contribution is -2.56. The average Bonchev–Trinajstić information content (AvgIpc) is 4.23. The number of aliphatic imine (C=N–C) groups is 1. The van der Waals surface area contributed by atoms with Crippen molar-refractivity contribution in [2.24, 2.45) is 10.8 Å². The van der Waals surface area contributed by atoms with E-state index in [1.54, 1.807) is 0 Å². The number of fused-ring (bicyclic) bond motifs is 5. The minimum atomic E-state index is 0. The fourth-order valence-electron chi connectivity index (χ4n) is 11.4. The third kappa shape index (κ3) is 13.6. The van der Waals surface area contributed by atoms with Gasteiger partial charge in [-0.15, -0.1) is 37.1 Å². The summed E-state index contributed by atoms with van der Waals surface area (Å²) in [5.41, 5.74) is 14.7. The van der Waals surface area contributed by atoms with Crippen molar-refractivity contribution in [1.82, 2.24) is 20.5 Å². The largest absolute Gasteiger partial charge is 0.381 e. The second-order valence-corrected chi connectivity index (χ2v) is 22.9. The number of halogens is 5. The molecule has 0 radical (unpaired) electrons. The maximum Gasteiger partial charge on any atom is 0.104 e. The molecule has 5 heterocycles. The van der Waals surface area contributed by atoms with E-state index in [9.17, 15) is 0 Å². The van der Waals surface area contributed by atoms with Gasteiger partial charge in [-0.1, -0.05) is 88.0 Å². The zero-order chi connectivity index (χ0) is 51.1. The predicted octanol–water partition coefficient (Wildman–Crippen LogP) is 14.0. The molecule has 9 nitrogen and oxygen atoms in total. The van der Waals surface area contributed by atoms with Gasteiger partial charge in [0.25, 0.3) is 0 Å². The lowest BCUT2D eigenvalue weighted by atomic mass is 9.68. The molecule has 4 aliphatic heterocycles. The molecule has 1 aromatic heterocycles. The number of hydrogen-bond acceptors (Lipinski definition) is 8. The van der Waals surface area contributed by atoms with Crippen LogP contribution in [-0.2, 0) is 23.7 Å². The molecule has 4 aromatic carbocycles. The lowest BCUT2D eigenvalue weighted by molar-refractivity contribution is 0.152. The number of aromatic nitrogens is 1. The number of nitrogen functional groups attached to an aromatic ring is 1. The molecular formula is C59H72Br4ClN9. The minimum Gasteiger partial charge on any atom is -0.381 e. The van der Waals surface area contributed by atoms with Crippen molar-refractivity contribution in [1.29, 1.82) is 0 Å². The number of nitrogens with two attached hydrogens (primary N) is 1. The van der Waals surface area contributed by atoms with Gasteiger partial charge in [0.05, 0.1) is 5.41 Å². The molecule has 0 spiro atoms. The summed E-state index contributed by atoms with van der Waals surface area (Å²) in [4.78, 5) is 10.3. The van der Waals surface area contributed by atoms with Gasteiger partial charge in [-0.2, -0.15) is 0 Å². The Morgan fingerprint density at radius 2 is 1.45 bits per heavy atom. The summed E-state index contributed by atoms with van der Waals surface area (Å²) < 4.78 is 4.53. The molecular weight excluding hydrogens is 1190 g/mol. The maximum atomic E-state index is 5.36. The highest BCUT2D eigenvalue weighted by atomic mass is 79.9. The van der Waals surface area contributed by atoms with Crippen LogP contribution in [0.1, 0.15) is 93.0 Å². The summed E-state index contributed by atoms with van der Waals surface area (Å²) in [7, 11) is 6.27. The van der Waals surface area contributed by atoms with Crippen molar-refractivity contribution in [3.05, 3.63) is 143 Å². The molecule has 1 saturated heterocycles. The molecule has 11 rings (SSSR count). The Morgan fingerprint density at radius 1 is 0.781 bits per heavy atom. The average molecular weight is 1260 g/mol. The van der Waals surface area contributed by atoms with Crippen molar-refractivity contribution >= 4 is 110 Å². The van der Waals surface area contributed by atoms with Crippen LogP contribution in [-0.4, -0.2) is 74.6 Å². The molecule has 0 saturated carbocycles. The number of likely N-dealkylation sites (N-methyl/N-ethyl adjacent to an activating group) is 2. The second-order valence-electron chi connectivity index (χ2n) is 19.3. The maximum absolute atomic E-state index is 5.36. The summed E-state index contributed by atoms with van der Waals surface area (Å²) in [5, 5.41) is 15.3. The van der Waals surface area contributed by atoms with Gasteiger partial charge in [-0.05, 0) is 200 Å². The first-order chi connectivity index (χ1) is 35.0. The Labute approximate surface area is 474 Å². The van der Waals surface area contributed by atoms with Gasteiger partial charge in [0.1, 0.15) is 5.66 Å². The van der Waals surface area contributed by atoms with Gasteiger partial charge >= 0.3 is 0 Å². The number of aryl methyl sites for hydroxylation is 1. The molecule has 4 atom stereocenters. The SMILES string of the molecule is C#CCCC1=NCCC1.C#CCCc1[nH]c2ccc(Br)cc2c1CCNC.CN1CC[C@@]23C=CCC[C@@]12Nc1ccc(Br)cc13.CNCCC12C=CCCC1Nc1ccc(Br)cc12.Cl.NNc1ccc(Br)cc1. The monoisotopic (exact) mass is 1260 g/mol. The van der Waals surface area contributed by atoms with Crippen molar-refractivity contribution in [2.75, 3.05) is 63.4 Å². The van der Waals surface area contributed by atoms with Crippen LogP contribution < -0.4 is 32.5 Å². The summed E-state index contributed by atoms with van der Waals surface area (Å²) in [6.07, 6.45) is 34.3. The number of nitrogens with one attached hydrogen (secondary N) is 6. The third-order valence-corrected chi connectivity index (χ3v) is 17.0. The number of likely N-dealkylation sites (tertiary alicyclic amines) is 1. The molecule has 6 aliphatic rings. The van der Waals surface area contributed by atoms with Crippen LogP contribution in [0.5, 0.6) is 0 Å². The van der Waals surface area contributed by atoms with Crippen LogP contribution in [0, 0.1) is 24.7 Å². The van der Waals surface area contributed by atoms with E-state index in [2.05, 4.69) is 203 Å². The highest BCUT2D eigenvalue weighted by molar-refractivity contribution is 9.11.